The molecule has 3 aromatic carbocycles. The minimum atomic E-state index is -1.53. The van der Waals surface area contributed by atoms with Gasteiger partial charge in [-0.05, 0) is 29.8 Å². The maximum Gasteiger partial charge on any atom is 0.410 e. The molecule has 0 unspecified atom stereocenters. The van der Waals surface area contributed by atoms with Crippen LogP contribution in [-0.4, -0.2) is 71.5 Å². The van der Waals surface area contributed by atoms with Crippen LogP contribution in [0.3, 0.4) is 0 Å². The van der Waals surface area contributed by atoms with E-state index < -0.39 is 55.0 Å². The average molecular weight is 548 g/mol. The van der Waals surface area contributed by atoms with Crippen molar-refractivity contribution in [3.05, 3.63) is 108 Å². The highest BCUT2D eigenvalue weighted by atomic mass is 16.6. The van der Waals surface area contributed by atoms with Gasteiger partial charge in [0.05, 0.1) is 17.7 Å². The highest BCUT2D eigenvalue weighted by Crippen LogP contribution is 2.27. The second-order valence-corrected chi connectivity index (χ2v) is 9.10. The van der Waals surface area contributed by atoms with Crippen LogP contribution >= 0.6 is 0 Å². The maximum absolute atomic E-state index is 13.3. The van der Waals surface area contributed by atoms with E-state index >= 15 is 0 Å². The normalized spacial score (nSPS) is 20.2. The van der Waals surface area contributed by atoms with Crippen molar-refractivity contribution in [1.29, 1.82) is 0 Å². The molecule has 1 heterocycles. The number of likely N-dealkylation sites (tertiary alicyclic amines) is 1. The summed E-state index contributed by atoms with van der Waals surface area (Å²) in [7, 11) is 0. The number of esters is 3. The lowest BCUT2D eigenvalue weighted by Crippen LogP contribution is -2.66. The number of carbonyl (C=O) groups is 4. The minimum Gasteiger partial charge on any atom is -0.460 e. The van der Waals surface area contributed by atoms with Gasteiger partial charge in [0.2, 0.25) is 0 Å². The lowest BCUT2D eigenvalue weighted by atomic mass is 9.94. The molecule has 1 fully saturated rings. The van der Waals surface area contributed by atoms with E-state index in [1.54, 1.807) is 72.8 Å². The third-order valence-electron chi connectivity index (χ3n) is 6.28. The van der Waals surface area contributed by atoms with E-state index in [0.29, 0.717) is 0 Å². The summed E-state index contributed by atoms with van der Waals surface area (Å²) in [4.78, 5) is 52.0. The van der Waals surface area contributed by atoms with E-state index in [-0.39, 0.29) is 24.3 Å². The zero-order valence-electron chi connectivity index (χ0n) is 21.8. The Kier molecular flexibility index (Phi) is 9.48. The third-order valence-corrected chi connectivity index (χ3v) is 6.28. The van der Waals surface area contributed by atoms with Gasteiger partial charge in [0.25, 0.3) is 0 Å². The van der Waals surface area contributed by atoms with Crippen molar-refractivity contribution in [3.8, 4) is 0 Å². The number of ether oxygens (including phenoxy) is 4. The molecule has 1 aliphatic heterocycles. The summed E-state index contributed by atoms with van der Waals surface area (Å²) in [6.45, 7) is 0.359. The zero-order chi connectivity index (χ0) is 28.5. The van der Waals surface area contributed by atoms with Crippen LogP contribution in [0.4, 0.5) is 4.79 Å². The molecule has 0 aliphatic carbocycles. The van der Waals surface area contributed by atoms with E-state index in [1.807, 2.05) is 6.07 Å². The molecule has 208 valence electrons. The second-order valence-electron chi connectivity index (χ2n) is 9.10. The Hall–Kier alpha value is -4.70. The first-order chi connectivity index (χ1) is 19.3. The van der Waals surface area contributed by atoms with E-state index in [0.717, 1.165) is 17.4 Å². The molecule has 1 saturated heterocycles. The second kappa shape index (κ2) is 13.4. The zero-order valence-corrected chi connectivity index (χ0v) is 21.8. The van der Waals surface area contributed by atoms with Crippen molar-refractivity contribution in [3.63, 3.8) is 0 Å². The fraction of sp³-hybridized carbons (Fsp3) is 0.267. The summed E-state index contributed by atoms with van der Waals surface area (Å²) in [5.41, 5.74) is 1.19. The van der Waals surface area contributed by atoms with Crippen molar-refractivity contribution in [1.82, 2.24) is 4.90 Å². The summed E-state index contributed by atoms with van der Waals surface area (Å²) in [5.74, 6) is -2.17. The lowest BCUT2D eigenvalue weighted by molar-refractivity contribution is -0.176. The number of aliphatic hydroxyl groups excluding tert-OH is 1. The summed E-state index contributed by atoms with van der Waals surface area (Å²) >= 11 is 0. The highest BCUT2D eigenvalue weighted by Gasteiger charge is 2.49. The Morgan fingerprint density at radius 3 is 1.90 bits per heavy atom. The van der Waals surface area contributed by atoms with Gasteiger partial charge in [-0.25, -0.2) is 14.4 Å². The standard InChI is InChI=1S/C30H29NO9/c1-20(32)39-25-17-31(30(36)38-18-21-11-5-2-6-12-21)24(19-37-28(34)22-13-7-3-8-14-22)27(26(25)33)40-29(35)23-15-9-4-10-16-23/h2-16,24-27,33H,17-19H2,1H3/t24-,25+,26-,27+/m1/s1. The first-order valence-electron chi connectivity index (χ1n) is 12.6. The number of rotatable bonds is 8. The number of piperidine rings is 1. The molecule has 40 heavy (non-hydrogen) atoms. The Bertz CT molecular complexity index is 1300. The summed E-state index contributed by atoms with van der Waals surface area (Å²) in [5, 5.41) is 11.2. The van der Waals surface area contributed by atoms with Crippen LogP contribution in [0.5, 0.6) is 0 Å². The Labute approximate surface area is 231 Å². The molecule has 4 atom stereocenters. The van der Waals surface area contributed by atoms with Crippen LogP contribution in [0.2, 0.25) is 0 Å². The first kappa shape index (κ1) is 28.3. The fourth-order valence-electron chi connectivity index (χ4n) is 4.30. The number of carbonyl (C=O) groups excluding carboxylic acids is 4. The number of hydrogen-bond donors (Lipinski definition) is 1. The van der Waals surface area contributed by atoms with E-state index in [9.17, 15) is 24.3 Å². The maximum atomic E-state index is 13.3. The molecule has 1 aliphatic rings. The van der Waals surface area contributed by atoms with Crippen molar-refractivity contribution in [2.24, 2.45) is 0 Å². The first-order valence-corrected chi connectivity index (χ1v) is 12.6. The van der Waals surface area contributed by atoms with Crippen LogP contribution in [-0.2, 0) is 30.3 Å². The van der Waals surface area contributed by atoms with Gasteiger partial charge in [-0.1, -0.05) is 66.7 Å². The summed E-state index contributed by atoms with van der Waals surface area (Å²) in [6, 6.07) is 24.1. The summed E-state index contributed by atoms with van der Waals surface area (Å²) < 4.78 is 21.9. The van der Waals surface area contributed by atoms with Crippen LogP contribution in [0, 0.1) is 0 Å². The molecule has 0 bridgehead atoms. The fourth-order valence-corrected chi connectivity index (χ4v) is 4.30. The van der Waals surface area contributed by atoms with Crippen molar-refractivity contribution < 1.29 is 43.2 Å². The predicted molar refractivity (Wildman–Crippen MR) is 141 cm³/mol. The Morgan fingerprint density at radius 2 is 1.32 bits per heavy atom. The van der Waals surface area contributed by atoms with Crippen LogP contribution in [0.1, 0.15) is 33.2 Å². The van der Waals surface area contributed by atoms with Gasteiger partial charge in [0.1, 0.15) is 31.5 Å². The van der Waals surface area contributed by atoms with Gasteiger partial charge in [-0.3, -0.25) is 9.69 Å². The quantitative estimate of drug-likeness (QED) is 0.333. The molecule has 1 N–H and O–H groups in total. The topological polar surface area (TPSA) is 129 Å². The van der Waals surface area contributed by atoms with Gasteiger partial charge in [0.15, 0.2) is 6.10 Å². The lowest BCUT2D eigenvalue weighted by Gasteiger charge is -2.45. The van der Waals surface area contributed by atoms with E-state index in [4.69, 9.17) is 18.9 Å². The minimum absolute atomic E-state index is 0.0675. The SMILES string of the molecule is CC(=O)O[C@H]1CN(C(=O)OCc2ccccc2)[C@H](COC(=O)c2ccccc2)[C@H](OC(=O)c2ccccc2)[C@@H]1O. The van der Waals surface area contributed by atoms with Crippen LogP contribution < -0.4 is 0 Å². The molecular weight excluding hydrogens is 518 g/mol. The molecule has 4 rings (SSSR count). The molecule has 10 nitrogen and oxygen atoms in total. The third kappa shape index (κ3) is 7.23. The van der Waals surface area contributed by atoms with Crippen molar-refractivity contribution >= 4 is 24.0 Å². The smallest absolute Gasteiger partial charge is 0.410 e. The molecule has 10 heteroatoms. The van der Waals surface area contributed by atoms with Gasteiger partial charge < -0.3 is 24.1 Å². The van der Waals surface area contributed by atoms with Crippen molar-refractivity contribution in [2.45, 2.75) is 37.9 Å². The average Bonchev–Trinajstić information content (AvgIpc) is 2.98. The van der Waals surface area contributed by atoms with Gasteiger partial charge in [-0.2, -0.15) is 0 Å². The molecule has 1 amide bonds. The molecule has 3 aromatic rings. The van der Waals surface area contributed by atoms with Crippen LogP contribution in [0.15, 0.2) is 91.0 Å². The van der Waals surface area contributed by atoms with Gasteiger partial charge >= 0.3 is 24.0 Å². The summed E-state index contributed by atoms with van der Waals surface area (Å²) in [6.07, 6.45) is -5.04. The Morgan fingerprint density at radius 1 is 0.775 bits per heavy atom. The monoisotopic (exact) mass is 547 g/mol. The molecule has 0 radical (unpaired) electrons. The highest BCUT2D eigenvalue weighted by molar-refractivity contribution is 5.90. The number of hydrogen-bond acceptors (Lipinski definition) is 9. The number of amides is 1. The molecule has 0 saturated carbocycles. The number of nitrogens with zero attached hydrogens (tertiary/aromatic N) is 1. The number of aliphatic hydroxyl groups is 1. The van der Waals surface area contributed by atoms with E-state index in [2.05, 4.69) is 0 Å². The van der Waals surface area contributed by atoms with E-state index in [1.165, 1.54) is 12.1 Å². The molecule has 0 aromatic heterocycles. The van der Waals surface area contributed by atoms with Gasteiger partial charge in [-0.15, -0.1) is 0 Å². The molecular formula is C30H29NO9. The molecule has 0 spiro atoms. The largest absolute Gasteiger partial charge is 0.460 e. The van der Waals surface area contributed by atoms with Crippen molar-refractivity contribution in [2.75, 3.05) is 13.2 Å². The Balaban J connectivity index is 1.62. The van der Waals surface area contributed by atoms with Crippen LogP contribution in [0.25, 0.3) is 0 Å². The van der Waals surface area contributed by atoms with Gasteiger partial charge in [0, 0.05) is 6.92 Å². The predicted octanol–water partition coefficient (Wildman–Crippen LogP) is 3.38. The number of benzene rings is 3.